The summed E-state index contributed by atoms with van der Waals surface area (Å²) in [5, 5.41) is 2.99. The molecule has 3 rings (SSSR count). The summed E-state index contributed by atoms with van der Waals surface area (Å²) in [7, 11) is 3.14. The van der Waals surface area contributed by atoms with E-state index in [1.165, 1.54) is 0 Å². The third-order valence-electron chi connectivity index (χ3n) is 6.80. The second kappa shape index (κ2) is 5.23. The van der Waals surface area contributed by atoms with Crippen molar-refractivity contribution >= 4 is 17.4 Å². The van der Waals surface area contributed by atoms with Gasteiger partial charge >= 0.3 is 0 Å². The number of nitrogens with one attached hydrogen (secondary N) is 1. The van der Waals surface area contributed by atoms with Gasteiger partial charge in [-0.05, 0) is 30.4 Å². The molecule has 0 radical (unpaired) electrons. The maximum Gasteiger partial charge on any atom is 0.231 e. The molecule has 1 aromatic rings. The van der Waals surface area contributed by atoms with Crippen molar-refractivity contribution in [2.24, 2.45) is 16.2 Å². The monoisotopic (exact) mass is 331 g/mol. The Morgan fingerprint density at radius 2 is 1.83 bits per heavy atom. The van der Waals surface area contributed by atoms with Gasteiger partial charge in [-0.3, -0.25) is 9.59 Å². The van der Waals surface area contributed by atoms with Crippen molar-refractivity contribution in [2.75, 3.05) is 19.5 Å². The smallest absolute Gasteiger partial charge is 0.231 e. The molecule has 2 bridgehead atoms. The van der Waals surface area contributed by atoms with E-state index in [-0.39, 0.29) is 17.1 Å². The van der Waals surface area contributed by atoms with Crippen LogP contribution in [0.15, 0.2) is 18.2 Å². The van der Waals surface area contributed by atoms with Crippen LogP contribution in [0.1, 0.15) is 40.0 Å². The van der Waals surface area contributed by atoms with E-state index in [0.717, 1.165) is 12.8 Å². The summed E-state index contributed by atoms with van der Waals surface area (Å²) in [4.78, 5) is 25.7. The summed E-state index contributed by atoms with van der Waals surface area (Å²) >= 11 is 0. The molecule has 0 heterocycles. The van der Waals surface area contributed by atoms with Crippen molar-refractivity contribution in [3.05, 3.63) is 18.2 Å². The highest BCUT2D eigenvalue weighted by atomic mass is 16.5. The molecule has 1 N–H and O–H groups in total. The Balaban J connectivity index is 1.93. The third kappa shape index (κ3) is 1.93. The molecule has 1 amide bonds. The zero-order chi connectivity index (χ0) is 17.8. The van der Waals surface area contributed by atoms with E-state index in [1.807, 2.05) is 6.92 Å². The summed E-state index contributed by atoms with van der Waals surface area (Å²) in [6.07, 6.45) is 1.83. The Labute approximate surface area is 142 Å². The predicted molar refractivity (Wildman–Crippen MR) is 91.4 cm³/mol. The lowest BCUT2D eigenvalue weighted by atomic mass is 9.64. The summed E-state index contributed by atoms with van der Waals surface area (Å²) in [6, 6.07) is 5.28. The van der Waals surface area contributed by atoms with Crippen LogP contribution in [0.25, 0.3) is 0 Å². The largest absolute Gasteiger partial charge is 0.497 e. The molecule has 2 atom stereocenters. The van der Waals surface area contributed by atoms with E-state index in [9.17, 15) is 9.59 Å². The Morgan fingerprint density at radius 1 is 1.12 bits per heavy atom. The fraction of sp³-hybridized carbons (Fsp3) is 0.579. The summed E-state index contributed by atoms with van der Waals surface area (Å²) in [5.41, 5.74) is -0.819. The normalized spacial score (nSPS) is 30.3. The zero-order valence-electron chi connectivity index (χ0n) is 15.0. The number of ether oxygens (including phenoxy) is 2. The van der Waals surface area contributed by atoms with Gasteiger partial charge in [0, 0.05) is 17.9 Å². The van der Waals surface area contributed by atoms with E-state index in [2.05, 4.69) is 19.2 Å². The van der Waals surface area contributed by atoms with Crippen molar-refractivity contribution < 1.29 is 19.1 Å². The van der Waals surface area contributed by atoms with Gasteiger partial charge in [0.25, 0.3) is 0 Å². The summed E-state index contributed by atoms with van der Waals surface area (Å²) in [5.74, 6) is 1.32. The van der Waals surface area contributed by atoms with Crippen LogP contribution in [0.4, 0.5) is 5.69 Å². The SMILES string of the molecule is COc1ccc(NC(=O)[C@@]23CC[C@@](C)(C(=O)C2)C3(C)C)c(OC)c1. The Hall–Kier alpha value is -2.04. The molecule has 24 heavy (non-hydrogen) atoms. The van der Waals surface area contributed by atoms with Gasteiger partial charge in [-0.1, -0.05) is 20.8 Å². The molecule has 130 valence electrons. The average Bonchev–Trinajstić information content (AvgIpc) is 2.85. The van der Waals surface area contributed by atoms with E-state index in [4.69, 9.17) is 9.47 Å². The summed E-state index contributed by atoms with van der Waals surface area (Å²) < 4.78 is 10.5. The fourth-order valence-electron chi connectivity index (χ4n) is 4.50. The third-order valence-corrected chi connectivity index (χ3v) is 6.80. The first-order chi connectivity index (χ1) is 11.2. The minimum Gasteiger partial charge on any atom is -0.497 e. The first-order valence-electron chi connectivity index (χ1n) is 8.29. The fourth-order valence-corrected chi connectivity index (χ4v) is 4.50. The summed E-state index contributed by atoms with van der Waals surface area (Å²) in [6.45, 7) is 6.11. The second-order valence-corrected chi connectivity index (χ2v) is 7.66. The molecule has 0 saturated heterocycles. The number of hydrogen-bond acceptors (Lipinski definition) is 4. The van der Waals surface area contributed by atoms with Crippen molar-refractivity contribution in [2.45, 2.75) is 40.0 Å². The lowest BCUT2D eigenvalue weighted by Gasteiger charge is -2.38. The number of fused-ring (bicyclic) bond motifs is 2. The lowest BCUT2D eigenvalue weighted by Crippen LogP contribution is -2.43. The van der Waals surface area contributed by atoms with Crippen LogP contribution < -0.4 is 14.8 Å². The first kappa shape index (κ1) is 16.8. The van der Waals surface area contributed by atoms with Gasteiger partial charge in [0.1, 0.15) is 17.3 Å². The van der Waals surface area contributed by atoms with Gasteiger partial charge in [-0.2, -0.15) is 0 Å². The molecular formula is C19H25NO4. The molecule has 5 heteroatoms. The van der Waals surface area contributed by atoms with Crippen molar-refractivity contribution in [1.82, 2.24) is 0 Å². The molecule has 5 nitrogen and oxygen atoms in total. The van der Waals surface area contributed by atoms with Crippen LogP contribution in [0.2, 0.25) is 0 Å². The molecule has 0 aliphatic heterocycles. The Kier molecular flexibility index (Phi) is 3.66. The van der Waals surface area contributed by atoms with Gasteiger partial charge in [-0.25, -0.2) is 0 Å². The first-order valence-corrected chi connectivity index (χ1v) is 8.29. The molecule has 2 aliphatic carbocycles. The van der Waals surface area contributed by atoms with Gasteiger partial charge in [0.15, 0.2) is 0 Å². The molecule has 0 spiro atoms. The van der Waals surface area contributed by atoms with Gasteiger partial charge < -0.3 is 14.8 Å². The van der Waals surface area contributed by atoms with Crippen LogP contribution in [0, 0.1) is 16.2 Å². The van der Waals surface area contributed by atoms with Crippen LogP contribution in [0.5, 0.6) is 11.5 Å². The zero-order valence-corrected chi connectivity index (χ0v) is 15.0. The number of methoxy groups -OCH3 is 2. The molecule has 2 saturated carbocycles. The van der Waals surface area contributed by atoms with E-state index < -0.39 is 10.8 Å². The second-order valence-electron chi connectivity index (χ2n) is 7.66. The molecule has 2 aliphatic rings. The number of amides is 1. The van der Waals surface area contributed by atoms with E-state index >= 15 is 0 Å². The van der Waals surface area contributed by atoms with E-state index in [1.54, 1.807) is 32.4 Å². The number of carbonyl (C=O) groups excluding carboxylic acids is 2. The Bertz CT molecular complexity index is 711. The minimum absolute atomic E-state index is 0.0921. The number of Topliss-reactive ketones (excluding diaryl/α,β-unsaturated/α-hetero) is 1. The van der Waals surface area contributed by atoms with E-state index in [0.29, 0.717) is 23.6 Å². The molecular weight excluding hydrogens is 306 g/mol. The maximum absolute atomic E-state index is 13.2. The van der Waals surface area contributed by atoms with Crippen LogP contribution >= 0.6 is 0 Å². The van der Waals surface area contributed by atoms with Crippen LogP contribution in [-0.2, 0) is 9.59 Å². The standard InChI is InChI=1S/C19H25NO4/c1-17(2)18(3)8-9-19(17,11-15(18)21)16(22)20-13-7-6-12(23-4)10-14(13)24-5/h6-7,10H,8-9,11H2,1-5H3,(H,20,22)/t18-,19+/m0/s1. The number of hydrogen-bond donors (Lipinski definition) is 1. The van der Waals surface area contributed by atoms with Gasteiger partial charge in [0.05, 0.1) is 25.3 Å². The highest BCUT2D eigenvalue weighted by Gasteiger charge is 2.72. The number of ketones is 1. The molecule has 2 fully saturated rings. The lowest BCUT2D eigenvalue weighted by molar-refractivity contribution is -0.131. The number of carbonyl (C=O) groups is 2. The quantitative estimate of drug-likeness (QED) is 0.918. The highest BCUT2D eigenvalue weighted by molar-refractivity contribution is 6.05. The van der Waals surface area contributed by atoms with Crippen LogP contribution in [-0.4, -0.2) is 25.9 Å². The predicted octanol–water partition coefficient (Wildman–Crippen LogP) is 3.43. The highest BCUT2D eigenvalue weighted by Crippen LogP contribution is 2.70. The van der Waals surface area contributed by atoms with Crippen molar-refractivity contribution in [1.29, 1.82) is 0 Å². The molecule has 0 unspecified atom stereocenters. The number of anilines is 1. The van der Waals surface area contributed by atoms with Crippen molar-refractivity contribution in [3.63, 3.8) is 0 Å². The molecule has 0 aromatic heterocycles. The van der Waals surface area contributed by atoms with Crippen molar-refractivity contribution in [3.8, 4) is 11.5 Å². The maximum atomic E-state index is 13.2. The Morgan fingerprint density at radius 3 is 2.33 bits per heavy atom. The molecule has 1 aromatic carbocycles. The topological polar surface area (TPSA) is 64.6 Å². The van der Waals surface area contributed by atoms with Gasteiger partial charge in [-0.15, -0.1) is 0 Å². The average molecular weight is 331 g/mol. The van der Waals surface area contributed by atoms with Crippen LogP contribution in [0.3, 0.4) is 0 Å². The minimum atomic E-state index is -0.649. The van der Waals surface area contributed by atoms with Gasteiger partial charge in [0.2, 0.25) is 5.91 Å². The number of benzene rings is 1. The number of rotatable bonds is 4.